The summed E-state index contributed by atoms with van der Waals surface area (Å²) >= 11 is 0. The van der Waals surface area contributed by atoms with E-state index in [-0.39, 0.29) is 5.56 Å². The Balaban J connectivity index is 1.95. The van der Waals surface area contributed by atoms with Gasteiger partial charge in [0.05, 0.1) is 6.61 Å². The molecule has 1 aromatic carbocycles. The molecular weight excluding hydrogens is 231 g/mol. The quantitative estimate of drug-likeness (QED) is 0.824. The van der Waals surface area contributed by atoms with Crippen molar-refractivity contribution in [2.75, 3.05) is 26.7 Å². The highest BCUT2D eigenvalue weighted by atomic mass is 19.1. The third-order valence-corrected chi connectivity index (χ3v) is 3.40. The third-order valence-electron chi connectivity index (χ3n) is 3.40. The minimum absolute atomic E-state index is 0.00503. The molecule has 1 aliphatic rings. The minimum Gasteiger partial charge on any atom is -0.492 e. The van der Waals surface area contributed by atoms with Crippen LogP contribution in [0.4, 0.5) is 4.39 Å². The van der Waals surface area contributed by atoms with Gasteiger partial charge in [-0.15, -0.1) is 0 Å². The zero-order valence-electron chi connectivity index (χ0n) is 10.5. The van der Waals surface area contributed by atoms with Crippen LogP contribution in [0.2, 0.25) is 0 Å². The number of nitriles is 1. The lowest BCUT2D eigenvalue weighted by atomic mass is 9.98. The maximum absolute atomic E-state index is 13.4. The van der Waals surface area contributed by atoms with Gasteiger partial charge < -0.3 is 9.64 Å². The van der Waals surface area contributed by atoms with Crippen LogP contribution in [0, 0.1) is 23.1 Å². The minimum atomic E-state index is -0.515. The number of likely N-dealkylation sites (tertiary alicyclic amines) is 1. The lowest BCUT2D eigenvalue weighted by Crippen LogP contribution is -2.32. The summed E-state index contributed by atoms with van der Waals surface area (Å²) in [5, 5.41) is 8.89. The molecule has 1 aliphatic heterocycles. The van der Waals surface area contributed by atoms with Gasteiger partial charge in [-0.05, 0) is 51.0 Å². The number of nitrogens with zero attached hydrogens (tertiary/aromatic N) is 2. The van der Waals surface area contributed by atoms with Gasteiger partial charge in [0.15, 0.2) is 0 Å². The fraction of sp³-hybridized carbons (Fsp3) is 0.500. The molecular formula is C14H17FN2O. The first kappa shape index (κ1) is 12.8. The summed E-state index contributed by atoms with van der Waals surface area (Å²) in [6.45, 7) is 2.70. The molecule has 96 valence electrons. The van der Waals surface area contributed by atoms with E-state index in [1.165, 1.54) is 6.07 Å². The number of hydrogen-bond donors (Lipinski definition) is 0. The number of ether oxygens (including phenoxy) is 1. The summed E-state index contributed by atoms with van der Waals surface area (Å²) in [5.74, 6) is 0.339. The molecule has 0 bridgehead atoms. The van der Waals surface area contributed by atoms with Crippen molar-refractivity contribution in [2.45, 2.75) is 12.8 Å². The zero-order valence-corrected chi connectivity index (χ0v) is 10.5. The number of piperidine rings is 1. The smallest absolute Gasteiger partial charge is 0.144 e. The molecule has 0 radical (unpaired) electrons. The van der Waals surface area contributed by atoms with E-state index in [1.54, 1.807) is 12.1 Å². The molecule has 4 heteroatoms. The predicted octanol–water partition coefficient (Wildman–Crippen LogP) is 2.42. The Morgan fingerprint density at radius 1 is 1.44 bits per heavy atom. The van der Waals surface area contributed by atoms with Gasteiger partial charge in [-0.25, -0.2) is 4.39 Å². The molecule has 1 fully saturated rings. The van der Waals surface area contributed by atoms with Crippen LogP contribution < -0.4 is 4.74 Å². The van der Waals surface area contributed by atoms with Gasteiger partial charge in [0.25, 0.3) is 0 Å². The van der Waals surface area contributed by atoms with Crippen molar-refractivity contribution >= 4 is 0 Å². The Bertz CT molecular complexity index is 448. The van der Waals surface area contributed by atoms with E-state index < -0.39 is 5.82 Å². The molecule has 0 amide bonds. The van der Waals surface area contributed by atoms with Crippen LogP contribution in [0.25, 0.3) is 0 Å². The first-order chi connectivity index (χ1) is 8.70. The number of hydrogen-bond acceptors (Lipinski definition) is 3. The Hall–Kier alpha value is -1.60. The Morgan fingerprint density at radius 3 is 2.83 bits per heavy atom. The number of rotatable bonds is 3. The largest absolute Gasteiger partial charge is 0.492 e. The molecule has 0 spiro atoms. The van der Waals surface area contributed by atoms with E-state index in [1.807, 2.05) is 6.07 Å². The lowest BCUT2D eigenvalue weighted by molar-refractivity contribution is 0.159. The second-order valence-electron chi connectivity index (χ2n) is 4.78. The van der Waals surface area contributed by atoms with Gasteiger partial charge >= 0.3 is 0 Å². The molecule has 18 heavy (non-hydrogen) atoms. The fourth-order valence-corrected chi connectivity index (χ4v) is 2.17. The molecule has 1 saturated heterocycles. The van der Waals surface area contributed by atoms with Crippen molar-refractivity contribution in [3.8, 4) is 11.8 Å². The van der Waals surface area contributed by atoms with Crippen LogP contribution in [0.3, 0.4) is 0 Å². The van der Waals surface area contributed by atoms with Crippen LogP contribution in [-0.4, -0.2) is 31.6 Å². The number of halogens is 1. The van der Waals surface area contributed by atoms with Crippen LogP contribution in [0.15, 0.2) is 18.2 Å². The maximum atomic E-state index is 13.4. The van der Waals surface area contributed by atoms with Gasteiger partial charge in [-0.3, -0.25) is 0 Å². The van der Waals surface area contributed by atoms with Crippen LogP contribution in [0.1, 0.15) is 18.4 Å². The van der Waals surface area contributed by atoms with Crippen molar-refractivity contribution in [2.24, 2.45) is 5.92 Å². The van der Waals surface area contributed by atoms with Crippen molar-refractivity contribution in [3.05, 3.63) is 29.6 Å². The monoisotopic (exact) mass is 248 g/mol. The van der Waals surface area contributed by atoms with E-state index in [4.69, 9.17) is 10.00 Å². The van der Waals surface area contributed by atoms with Gasteiger partial charge in [0.1, 0.15) is 23.2 Å². The lowest BCUT2D eigenvalue weighted by Gasteiger charge is -2.28. The SMILES string of the molecule is CN1CCC(COc2cccc(F)c2C#N)CC1. The summed E-state index contributed by atoms with van der Waals surface area (Å²) < 4.78 is 19.0. The number of benzene rings is 1. The van der Waals surface area contributed by atoms with Gasteiger partial charge in [-0.1, -0.05) is 6.07 Å². The van der Waals surface area contributed by atoms with Gasteiger partial charge in [0, 0.05) is 0 Å². The summed E-state index contributed by atoms with van der Waals surface area (Å²) in [5.41, 5.74) is 0.00503. The third kappa shape index (κ3) is 2.99. The van der Waals surface area contributed by atoms with Gasteiger partial charge in [0.2, 0.25) is 0 Å². The van der Waals surface area contributed by atoms with Gasteiger partial charge in [-0.2, -0.15) is 5.26 Å². The van der Waals surface area contributed by atoms with E-state index in [0.29, 0.717) is 18.3 Å². The highest BCUT2D eigenvalue weighted by Gasteiger charge is 2.18. The zero-order chi connectivity index (χ0) is 13.0. The van der Waals surface area contributed by atoms with Crippen molar-refractivity contribution in [1.29, 1.82) is 5.26 Å². The molecule has 0 unspecified atom stereocenters. The normalized spacial score (nSPS) is 17.4. The Morgan fingerprint density at radius 2 is 2.17 bits per heavy atom. The second-order valence-corrected chi connectivity index (χ2v) is 4.78. The molecule has 0 N–H and O–H groups in total. The van der Waals surface area contributed by atoms with Crippen LogP contribution in [-0.2, 0) is 0 Å². The molecule has 3 nitrogen and oxygen atoms in total. The first-order valence-corrected chi connectivity index (χ1v) is 6.20. The summed E-state index contributed by atoms with van der Waals surface area (Å²) in [6, 6.07) is 6.35. The summed E-state index contributed by atoms with van der Waals surface area (Å²) in [6.07, 6.45) is 2.18. The van der Waals surface area contributed by atoms with Crippen molar-refractivity contribution < 1.29 is 9.13 Å². The molecule has 1 aromatic rings. The molecule has 2 rings (SSSR count). The van der Waals surface area contributed by atoms with Crippen LogP contribution >= 0.6 is 0 Å². The average Bonchev–Trinajstić information content (AvgIpc) is 2.38. The van der Waals surface area contributed by atoms with Crippen LogP contribution in [0.5, 0.6) is 5.75 Å². The standard InChI is InChI=1S/C14H17FN2O/c1-17-7-5-11(6-8-17)10-18-14-4-2-3-13(15)12(14)9-16/h2-4,11H,5-8,10H2,1H3. The highest BCUT2D eigenvalue weighted by molar-refractivity contribution is 5.43. The fourth-order valence-electron chi connectivity index (χ4n) is 2.17. The van der Waals surface area contributed by atoms with E-state index in [0.717, 1.165) is 25.9 Å². The van der Waals surface area contributed by atoms with E-state index in [9.17, 15) is 4.39 Å². The summed E-state index contributed by atoms with van der Waals surface area (Å²) in [7, 11) is 2.11. The average molecular weight is 248 g/mol. The highest BCUT2D eigenvalue weighted by Crippen LogP contribution is 2.23. The van der Waals surface area contributed by atoms with E-state index >= 15 is 0 Å². The molecule has 0 atom stereocenters. The molecule has 0 saturated carbocycles. The second kappa shape index (κ2) is 5.83. The first-order valence-electron chi connectivity index (χ1n) is 6.20. The topological polar surface area (TPSA) is 36.3 Å². The predicted molar refractivity (Wildman–Crippen MR) is 66.8 cm³/mol. The maximum Gasteiger partial charge on any atom is 0.144 e. The Kier molecular flexibility index (Phi) is 4.16. The molecule has 1 heterocycles. The van der Waals surface area contributed by atoms with Crippen molar-refractivity contribution in [1.82, 2.24) is 4.90 Å². The Labute approximate surface area is 107 Å². The summed E-state index contributed by atoms with van der Waals surface area (Å²) in [4.78, 5) is 2.29. The van der Waals surface area contributed by atoms with E-state index in [2.05, 4.69) is 11.9 Å². The molecule has 0 aliphatic carbocycles. The molecule has 0 aromatic heterocycles. The van der Waals surface area contributed by atoms with Crippen molar-refractivity contribution in [3.63, 3.8) is 0 Å².